The number of aromatic nitrogens is 2. The van der Waals surface area contributed by atoms with E-state index in [2.05, 4.69) is 48.7 Å². The van der Waals surface area contributed by atoms with Gasteiger partial charge in [-0.15, -0.1) is 0 Å². The molecule has 164 valence electrons. The lowest BCUT2D eigenvalue weighted by atomic mass is 9.67. The second kappa shape index (κ2) is 8.81. The van der Waals surface area contributed by atoms with Crippen LogP contribution in [0, 0.1) is 21.8 Å². The zero-order valence-electron chi connectivity index (χ0n) is 17.1. The molecule has 1 saturated heterocycles. The highest BCUT2D eigenvalue weighted by molar-refractivity contribution is 14.1. The van der Waals surface area contributed by atoms with Gasteiger partial charge in [-0.05, 0) is 61.6 Å². The van der Waals surface area contributed by atoms with E-state index in [0.29, 0.717) is 31.7 Å². The van der Waals surface area contributed by atoms with Crippen LogP contribution in [0.15, 0.2) is 0 Å². The summed E-state index contributed by atoms with van der Waals surface area (Å²) in [6.07, 6.45) is 4.82. The third kappa shape index (κ3) is 4.34. The zero-order chi connectivity index (χ0) is 21.3. The molecule has 3 amide bonds. The average Bonchev–Trinajstić information content (AvgIpc) is 3.19. The van der Waals surface area contributed by atoms with Gasteiger partial charge in [-0.1, -0.05) is 6.42 Å². The first-order chi connectivity index (χ1) is 14.4. The minimum Gasteiger partial charge on any atom is -0.381 e. The molecule has 1 aromatic rings. The molecule has 2 heterocycles. The van der Waals surface area contributed by atoms with Crippen molar-refractivity contribution in [3.63, 3.8) is 0 Å². The third-order valence-corrected chi connectivity index (χ3v) is 7.73. The van der Waals surface area contributed by atoms with Crippen molar-refractivity contribution < 1.29 is 19.1 Å². The lowest BCUT2D eigenvalue weighted by molar-refractivity contribution is -0.149. The number of rotatable bonds is 8. The summed E-state index contributed by atoms with van der Waals surface area (Å²) in [7, 11) is 0. The summed E-state index contributed by atoms with van der Waals surface area (Å²) < 4.78 is 6.28. The van der Waals surface area contributed by atoms with Crippen LogP contribution in [0.1, 0.15) is 54.7 Å². The average molecular weight is 529 g/mol. The van der Waals surface area contributed by atoms with Crippen molar-refractivity contribution in [2.75, 3.05) is 19.8 Å². The van der Waals surface area contributed by atoms with Gasteiger partial charge in [0.1, 0.15) is 5.41 Å². The zero-order valence-corrected chi connectivity index (χ0v) is 19.2. The van der Waals surface area contributed by atoms with Gasteiger partial charge in [-0.2, -0.15) is 5.10 Å². The highest BCUT2D eigenvalue weighted by Crippen LogP contribution is 2.42. The number of carbonyl (C=O) groups is 3. The van der Waals surface area contributed by atoms with E-state index in [1.165, 1.54) is 0 Å². The van der Waals surface area contributed by atoms with Crippen molar-refractivity contribution in [3.8, 4) is 0 Å². The molecule has 2 atom stereocenters. The molecule has 0 aromatic carbocycles. The second-order valence-electron chi connectivity index (χ2n) is 8.61. The summed E-state index contributed by atoms with van der Waals surface area (Å²) in [5, 5.41) is 15.9. The molecular formula is C20H28IN5O4. The molecule has 3 fully saturated rings. The Bertz CT molecular complexity index is 827. The molecule has 1 aromatic heterocycles. The van der Waals surface area contributed by atoms with Crippen molar-refractivity contribution in [2.24, 2.45) is 11.3 Å². The fraction of sp³-hybridized carbons (Fsp3) is 0.700. The maximum Gasteiger partial charge on any atom is 0.273 e. The molecule has 4 rings (SSSR count). The van der Waals surface area contributed by atoms with Crippen LogP contribution < -0.4 is 16.0 Å². The first-order valence-electron chi connectivity index (χ1n) is 10.6. The fourth-order valence-corrected chi connectivity index (χ4v) is 4.51. The van der Waals surface area contributed by atoms with Crippen molar-refractivity contribution in [3.05, 3.63) is 15.0 Å². The molecule has 9 nitrogen and oxygen atoms in total. The number of nitrogens with zero attached hydrogens (tertiary/aromatic N) is 1. The number of halogens is 1. The molecule has 30 heavy (non-hydrogen) atoms. The van der Waals surface area contributed by atoms with Crippen LogP contribution in [0.3, 0.4) is 0 Å². The highest BCUT2D eigenvalue weighted by atomic mass is 127. The number of H-pyrrole nitrogens is 1. The summed E-state index contributed by atoms with van der Waals surface area (Å²) in [4.78, 5) is 38.4. The topological polar surface area (TPSA) is 125 Å². The van der Waals surface area contributed by atoms with Crippen LogP contribution in [0.5, 0.6) is 0 Å². The smallest absolute Gasteiger partial charge is 0.273 e. The van der Waals surface area contributed by atoms with E-state index in [9.17, 15) is 14.4 Å². The fourth-order valence-electron chi connectivity index (χ4n) is 4.02. The number of nitrogens with one attached hydrogen (secondary N) is 4. The lowest BCUT2D eigenvalue weighted by Crippen LogP contribution is -2.58. The van der Waals surface area contributed by atoms with E-state index in [0.717, 1.165) is 34.9 Å². The Kier molecular flexibility index (Phi) is 6.33. The van der Waals surface area contributed by atoms with E-state index in [-0.39, 0.29) is 42.3 Å². The number of carbonyl (C=O) groups excluding carboxylic acids is 3. The monoisotopic (exact) mass is 529 g/mol. The molecule has 0 radical (unpaired) electrons. The van der Waals surface area contributed by atoms with Gasteiger partial charge in [0, 0.05) is 30.8 Å². The van der Waals surface area contributed by atoms with Crippen LogP contribution in [0.4, 0.5) is 0 Å². The van der Waals surface area contributed by atoms with E-state index in [1.807, 2.05) is 6.92 Å². The molecule has 2 aliphatic carbocycles. The van der Waals surface area contributed by atoms with Gasteiger partial charge in [0.25, 0.3) is 5.91 Å². The summed E-state index contributed by atoms with van der Waals surface area (Å²) in [5.41, 5.74) is 0.226. The number of hydrogen-bond donors (Lipinski definition) is 4. The lowest BCUT2D eigenvalue weighted by Gasteiger charge is -2.39. The summed E-state index contributed by atoms with van der Waals surface area (Å²) in [6.45, 7) is 3.29. The third-order valence-electron chi connectivity index (χ3n) is 6.41. The SMILES string of the molecule is Cc1[nH]nc(C(=O)NC(CNC(=O)C2(C(=O)NC3CC3)CCC2)C2CCOC2)c1I. The standard InChI is InChI=1S/C20H28IN5O4/c1-11-15(21)16(26-25-11)17(27)24-14(12-5-8-30-10-12)9-22-18(28)20(6-2-7-20)19(29)23-13-3-4-13/h12-14H,2-10H2,1H3,(H,22,28)(H,23,29)(H,24,27)(H,25,26). The highest BCUT2D eigenvalue weighted by Gasteiger charge is 2.51. The largest absolute Gasteiger partial charge is 0.381 e. The number of aryl methyl sites for hydroxylation is 1. The molecule has 2 saturated carbocycles. The molecule has 4 N–H and O–H groups in total. The number of amides is 3. The van der Waals surface area contributed by atoms with Crippen LogP contribution in [0.25, 0.3) is 0 Å². The van der Waals surface area contributed by atoms with E-state index in [1.54, 1.807) is 0 Å². The van der Waals surface area contributed by atoms with Gasteiger partial charge in [0.2, 0.25) is 11.8 Å². The van der Waals surface area contributed by atoms with Crippen LogP contribution in [-0.4, -0.2) is 59.8 Å². The maximum atomic E-state index is 13.0. The second-order valence-corrected chi connectivity index (χ2v) is 9.69. The summed E-state index contributed by atoms with van der Waals surface area (Å²) in [5.74, 6) is -0.570. The Labute approximate surface area is 189 Å². The van der Waals surface area contributed by atoms with Crippen LogP contribution in [0.2, 0.25) is 0 Å². The molecule has 1 aliphatic heterocycles. The van der Waals surface area contributed by atoms with Gasteiger partial charge >= 0.3 is 0 Å². The van der Waals surface area contributed by atoms with E-state index < -0.39 is 5.41 Å². The predicted octanol–water partition coefficient (Wildman–Crippen LogP) is 1.02. The normalized spacial score (nSPS) is 23.3. The number of ether oxygens (including phenoxy) is 1. The number of aromatic amines is 1. The van der Waals surface area contributed by atoms with E-state index >= 15 is 0 Å². The van der Waals surface area contributed by atoms with Crippen molar-refractivity contribution in [1.82, 2.24) is 26.1 Å². The molecule has 3 aliphatic rings. The van der Waals surface area contributed by atoms with Gasteiger partial charge < -0.3 is 20.7 Å². The Morgan fingerprint density at radius 1 is 1.27 bits per heavy atom. The van der Waals surface area contributed by atoms with Gasteiger partial charge in [-0.25, -0.2) is 0 Å². The predicted molar refractivity (Wildman–Crippen MR) is 117 cm³/mol. The first-order valence-corrected chi connectivity index (χ1v) is 11.7. The minimum atomic E-state index is -0.960. The van der Waals surface area contributed by atoms with Crippen LogP contribution in [-0.2, 0) is 14.3 Å². The molecule has 10 heteroatoms. The quantitative estimate of drug-likeness (QED) is 0.296. The number of hydrogen-bond acceptors (Lipinski definition) is 5. The molecule has 2 unspecified atom stereocenters. The molecule has 0 spiro atoms. The Morgan fingerprint density at radius 2 is 2.03 bits per heavy atom. The molecular weight excluding hydrogens is 501 g/mol. The van der Waals surface area contributed by atoms with Crippen LogP contribution >= 0.6 is 22.6 Å². The van der Waals surface area contributed by atoms with Gasteiger partial charge in [-0.3, -0.25) is 19.5 Å². The minimum absolute atomic E-state index is 0.101. The van der Waals surface area contributed by atoms with Gasteiger partial charge in [0.15, 0.2) is 5.69 Å². The summed E-state index contributed by atoms with van der Waals surface area (Å²) in [6, 6.07) is -0.0643. The Balaban J connectivity index is 1.40. The molecule has 0 bridgehead atoms. The Morgan fingerprint density at radius 3 is 2.57 bits per heavy atom. The Hall–Kier alpha value is -1.69. The summed E-state index contributed by atoms with van der Waals surface area (Å²) >= 11 is 2.09. The van der Waals surface area contributed by atoms with E-state index in [4.69, 9.17) is 4.74 Å². The first kappa shape index (κ1) is 21.5. The van der Waals surface area contributed by atoms with Crippen molar-refractivity contribution in [1.29, 1.82) is 0 Å². The maximum absolute atomic E-state index is 13.0. The van der Waals surface area contributed by atoms with Crippen molar-refractivity contribution >= 4 is 40.3 Å². The van der Waals surface area contributed by atoms with Gasteiger partial charge in [0.05, 0.1) is 16.2 Å². The van der Waals surface area contributed by atoms with Crippen molar-refractivity contribution in [2.45, 2.75) is 57.5 Å².